The van der Waals surface area contributed by atoms with Crippen molar-refractivity contribution in [1.29, 1.82) is 0 Å². The molecule has 0 radical (unpaired) electrons. The minimum absolute atomic E-state index is 0.138. The summed E-state index contributed by atoms with van der Waals surface area (Å²) in [5.74, 6) is 1.59. The Kier molecular flexibility index (Phi) is 13.6. The first-order valence-electron chi connectivity index (χ1n) is 6.66. The van der Waals surface area contributed by atoms with Crippen molar-refractivity contribution in [2.24, 2.45) is 23.3 Å². The molecule has 0 aromatic heterocycles. The number of piperidine rings is 2. The molecule has 7 heteroatoms. The molecule has 0 spiro atoms. The molecule has 2 saturated heterocycles. The van der Waals surface area contributed by atoms with Crippen molar-refractivity contribution in [3.63, 3.8) is 0 Å². The van der Waals surface area contributed by atoms with Crippen LogP contribution < -0.4 is 11.5 Å². The van der Waals surface area contributed by atoms with E-state index in [1.165, 1.54) is 12.8 Å². The molecular weight excluding hydrogens is 466 g/mol. The SMILES string of the molecule is CC1CC[N-]C(N)C1.CC1CC[N-]C(N)C1.[Cl][Pt+2][Cl]. The quantitative estimate of drug-likeness (QED) is 0.543. The van der Waals surface area contributed by atoms with Gasteiger partial charge < -0.3 is 22.1 Å². The van der Waals surface area contributed by atoms with Crippen LogP contribution in [0.15, 0.2) is 0 Å². The second-order valence-electron chi connectivity index (χ2n) is 5.25. The van der Waals surface area contributed by atoms with Crippen LogP contribution in [0.4, 0.5) is 0 Å². The van der Waals surface area contributed by atoms with Gasteiger partial charge in [-0.2, -0.15) is 0 Å². The fourth-order valence-electron chi connectivity index (χ4n) is 2.13. The zero-order valence-electron chi connectivity index (χ0n) is 11.7. The predicted molar refractivity (Wildman–Crippen MR) is 80.9 cm³/mol. The molecule has 4 unspecified atom stereocenters. The summed E-state index contributed by atoms with van der Waals surface area (Å²) in [6, 6.07) is 0. The molecule has 2 rings (SSSR count). The van der Waals surface area contributed by atoms with E-state index < -0.39 is 16.5 Å². The fourth-order valence-corrected chi connectivity index (χ4v) is 2.13. The van der Waals surface area contributed by atoms with Gasteiger partial charge in [0, 0.05) is 0 Å². The summed E-state index contributed by atoms with van der Waals surface area (Å²) in [6.45, 7) is 6.41. The molecule has 2 fully saturated rings. The summed E-state index contributed by atoms with van der Waals surface area (Å²) < 4.78 is 0. The first-order valence-corrected chi connectivity index (χ1v) is 12.3. The molecule has 4 nitrogen and oxygen atoms in total. The monoisotopic (exact) mass is 491 g/mol. The van der Waals surface area contributed by atoms with E-state index in [0.29, 0.717) is 0 Å². The molecule has 0 aliphatic carbocycles. The Morgan fingerprint density at radius 3 is 1.37 bits per heavy atom. The van der Waals surface area contributed by atoms with E-state index in [4.69, 9.17) is 30.3 Å². The topological polar surface area (TPSA) is 80.2 Å². The van der Waals surface area contributed by atoms with Gasteiger partial charge >= 0.3 is 35.3 Å². The minimum atomic E-state index is -0.472. The molecule has 4 N–H and O–H groups in total. The molecule has 19 heavy (non-hydrogen) atoms. The van der Waals surface area contributed by atoms with E-state index in [1.54, 1.807) is 0 Å². The molecule has 118 valence electrons. The van der Waals surface area contributed by atoms with Crippen LogP contribution in [0, 0.1) is 11.8 Å². The van der Waals surface area contributed by atoms with Crippen molar-refractivity contribution < 1.29 is 16.5 Å². The molecule has 0 aromatic rings. The number of nitrogens with two attached hydrogens (primary N) is 2. The Morgan fingerprint density at radius 2 is 1.21 bits per heavy atom. The normalized spacial score (nSPS) is 34.6. The average molecular weight is 492 g/mol. The van der Waals surface area contributed by atoms with E-state index in [2.05, 4.69) is 24.5 Å². The van der Waals surface area contributed by atoms with Gasteiger partial charge in [-0.15, -0.1) is 13.1 Å². The molecule has 2 aliphatic heterocycles. The van der Waals surface area contributed by atoms with Crippen LogP contribution in [0.3, 0.4) is 0 Å². The number of rotatable bonds is 0. The van der Waals surface area contributed by atoms with Gasteiger partial charge in [-0.25, -0.2) is 0 Å². The summed E-state index contributed by atoms with van der Waals surface area (Å²) in [5.41, 5.74) is 11.1. The second-order valence-corrected chi connectivity index (χ2v) is 8.53. The van der Waals surface area contributed by atoms with Gasteiger partial charge in [-0.05, 0) is 11.8 Å². The fraction of sp³-hybridized carbons (Fsp3) is 1.00. The summed E-state index contributed by atoms with van der Waals surface area (Å²) in [6.07, 6.45) is 4.90. The van der Waals surface area contributed by atoms with Crippen LogP contribution >= 0.6 is 18.8 Å². The van der Waals surface area contributed by atoms with E-state index in [0.717, 1.165) is 37.8 Å². The van der Waals surface area contributed by atoms with Gasteiger partial charge in [-0.3, -0.25) is 0 Å². The summed E-state index contributed by atoms with van der Waals surface area (Å²) in [7, 11) is 9.75. The Balaban J connectivity index is 0.000000284. The Labute approximate surface area is 134 Å². The Morgan fingerprint density at radius 1 is 0.895 bits per heavy atom. The van der Waals surface area contributed by atoms with E-state index >= 15 is 0 Å². The van der Waals surface area contributed by atoms with Crippen molar-refractivity contribution in [1.82, 2.24) is 0 Å². The Hall–Kier alpha value is 1.11. The third-order valence-electron chi connectivity index (χ3n) is 3.26. The van der Waals surface area contributed by atoms with Crippen LogP contribution in [0.5, 0.6) is 0 Å². The van der Waals surface area contributed by atoms with E-state index in [9.17, 15) is 0 Å². The van der Waals surface area contributed by atoms with Gasteiger partial charge in [0.2, 0.25) is 0 Å². The van der Waals surface area contributed by atoms with Crippen molar-refractivity contribution in [2.45, 2.75) is 51.9 Å². The molecule has 0 aromatic carbocycles. The van der Waals surface area contributed by atoms with Crippen LogP contribution in [-0.2, 0) is 16.5 Å². The molecular formula is C12H26Cl2N4Pt. The van der Waals surface area contributed by atoms with Gasteiger partial charge in [-0.1, -0.05) is 51.9 Å². The molecule has 2 aliphatic rings. The number of hydrogen-bond donors (Lipinski definition) is 2. The standard InChI is InChI=1S/2C6H13N2.2ClH.Pt/c2*1-5-2-3-8-6(7)4-5;;;/h2*5-6H,2-4,7H2,1H3;2*1H;/q2*-1;;;+4/p-2. The first kappa shape index (κ1) is 20.1. The van der Waals surface area contributed by atoms with Gasteiger partial charge in [0.1, 0.15) is 0 Å². The molecule has 2 heterocycles. The predicted octanol–water partition coefficient (Wildman–Crippen LogP) is 3.53. The molecule has 0 amide bonds. The molecule has 0 saturated carbocycles. The maximum absolute atomic E-state index is 5.56. The summed E-state index contributed by atoms with van der Waals surface area (Å²) in [4.78, 5) is 0. The van der Waals surface area contributed by atoms with Crippen LogP contribution in [0.1, 0.15) is 39.5 Å². The average Bonchev–Trinajstić information content (AvgIpc) is 2.30. The molecule has 0 bridgehead atoms. The Bertz CT molecular complexity index is 176. The number of halogens is 2. The van der Waals surface area contributed by atoms with Crippen molar-refractivity contribution in [2.75, 3.05) is 13.1 Å². The summed E-state index contributed by atoms with van der Waals surface area (Å²) >= 11 is -0.472. The first-order chi connectivity index (χ1) is 8.99. The van der Waals surface area contributed by atoms with Crippen molar-refractivity contribution in [3.05, 3.63) is 10.6 Å². The second kappa shape index (κ2) is 12.8. The van der Waals surface area contributed by atoms with Crippen LogP contribution in [0.2, 0.25) is 0 Å². The molecule has 4 atom stereocenters. The third-order valence-corrected chi connectivity index (χ3v) is 3.26. The van der Waals surface area contributed by atoms with E-state index in [-0.39, 0.29) is 12.3 Å². The summed E-state index contributed by atoms with van der Waals surface area (Å²) in [5, 5.41) is 8.32. The number of hydrogen-bond acceptors (Lipinski definition) is 2. The van der Waals surface area contributed by atoms with Crippen molar-refractivity contribution >= 4 is 18.8 Å². The van der Waals surface area contributed by atoms with Crippen molar-refractivity contribution in [3.8, 4) is 0 Å². The van der Waals surface area contributed by atoms with Crippen LogP contribution in [-0.4, -0.2) is 25.4 Å². The van der Waals surface area contributed by atoms with Gasteiger partial charge in [0.25, 0.3) is 0 Å². The van der Waals surface area contributed by atoms with Crippen LogP contribution in [0.25, 0.3) is 10.6 Å². The third kappa shape index (κ3) is 12.6. The van der Waals surface area contributed by atoms with Gasteiger partial charge in [0.05, 0.1) is 0 Å². The zero-order valence-corrected chi connectivity index (χ0v) is 15.5. The zero-order chi connectivity index (χ0) is 14.7. The van der Waals surface area contributed by atoms with Gasteiger partial charge in [0.15, 0.2) is 0 Å². The number of nitrogens with zero attached hydrogens (tertiary/aromatic N) is 2. The van der Waals surface area contributed by atoms with E-state index in [1.807, 2.05) is 0 Å². The maximum atomic E-state index is 5.56.